The first-order valence-electron chi connectivity index (χ1n) is 8.20. The topological polar surface area (TPSA) is 67.9 Å². The van der Waals surface area contributed by atoms with Gasteiger partial charge in [-0.3, -0.25) is 4.90 Å². The largest absolute Gasteiger partial charge is 0.487 e. The molecule has 130 valence electrons. The number of carbonyl (C=O) groups is 2. The van der Waals surface area contributed by atoms with Gasteiger partial charge in [0.2, 0.25) is 0 Å². The van der Waals surface area contributed by atoms with E-state index >= 15 is 0 Å². The Morgan fingerprint density at radius 3 is 2.64 bits per heavy atom. The number of nitrogens with one attached hydrogen (secondary N) is 1. The summed E-state index contributed by atoms with van der Waals surface area (Å²) in [4.78, 5) is 26.0. The van der Waals surface area contributed by atoms with Crippen LogP contribution >= 0.6 is 0 Å². The molecule has 25 heavy (non-hydrogen) atoms. The highest BCUT2D eigenvalue weighted by atomic mass is 16.5. The number of esters is 1. The summed E-state index contributed by atoms with van der Waals surface area (Å²) in [7, 11) is 0. The Morgan fingerprint density at radius 2 is 1.92 bits per heavy atom. The van der Waals surface area contributed by atoms with Crippen molar-refractivity contribution in [3.05, 3.63) is 54.1 Å². The molecule has 6 heteroatoms. The van der Waals surface area contributed by atoms with E-state index < -0.39 is 0 Å². The summed E-state index contributed by atoms with van der Waals surface area (Å²) < 4.78 is 10.7. The maximum absolute atomic E-state index is 12.7. The number of amides is 2. The SMILES string of the molecule is CCOC(=O)c1ccc(NC(=O)N2CC(C)Oc3ccccc32)cc1. The lowest BCUT2D eigenvalue weighted by molar-refractivity contribution is 0.0526. The van der Waals surface area contributed by atoms with Gasteiger partial charge in [0, 0.05) is 5.69 Å². The lowest BCUT2D eigenvalue weighted by Gasteiger charge is -2.33. The smallest absolute Gasteiger partial charge is 0.338 e. The van der Waals surface area contributed by atoms with Gasteiger partial charge in [0.1, 0.15) is 11.9 Å². The number of nitrogens with zero attached hydrogens (tertiary/aromatic N) is 1. The fourth-order valence-corrected chi connectivity index (χ4v) is 2.68. The molecule has 0 fully saturated rings. The third-order valence-electron chi connectivity index (χ3n) is 3.82. The van der Waals surface area contributed by atoms with Gasteiger partial charge < -0.3 is 14.8 Å². The van der Waals surface area contributed by atoms with Crippen molar-refractivity contribution in [3.63, 3.8) is 0 Å². The van der Waals surface area contributed by atoms with Crippen LogP contribution in [0.15, 0.2) is 48.5 Å². The maximum Gasteiger partial charge on any atom is 0.338 e. The van der Waals surface area contributed by atoms with Gasteiger partial charge in [0.25, 0.3) is 0 Å². The number of benzene rings is 2. The highest BCUT2D eigenvalue weighted by Crippen LogP contribution is 2.33. The Labute approximate surface area is 146 Å². The predicted molar refractivity (Wildman–Crippen MR) is 95.3 cm³/mol. The molecule has 0 bridgehead atoms. The van der Waals surface area contributed by atoms with Crippen molar-refractivity contribution >= 4 is 23.4 Å². The van der Waals surface area contributed by atoms with E-state index in [4.69, 9.17) is 9.47 Å². The molecule has 0 aromatic heterocycles. The molecule has 1 atom stereocenters. The molecule has 2 amide bonds. The first-order chi connectivity index (χ1) is 12.1. The quantitative estimate of drug-likeness (QED) is 0.866. The second-order valence-electron chi connectivity index (χ2n) is 5.73. The molecule has 6 nitrogen and oxygen atoms in total. The van der Waals surface area contributed by atoms with Crippen molar-refractivity contribution in [2.75, 3.05) is 23.4 Å². The number of hydrogen-bond acceptors (Lipinski definition) is 4. The Hall–Kier alpha value is -3.02. The van der Waals surface area contributed by atoms with Crippen molar-refractivity contribution in [3.8, 4) is 5.75 Å². The summed E-state index contributed by atoms with van der Waals surface area (Å²) in [5.74, 6) is 0.311. The Bertz CT molecular complexity index is 773. The van der Waals surface area contributed by atoms with Crippen molar-refractivity contribution in [1.29, 1.82) is 0 Å². The van der Waals surface area contributed by atoms with Gasteiger partial charge in [-0.05, 0) is 50.2 Å². The van der Waals surface area contributed by atoms with E-state index in [1.54, 1.807) is 36.1 Å². The van der Waals surface area contributed by atoms with E-state index in [2.05, 4.69) is 5.32 Å². The second-order valence-corrected chi connectivity index (χ2v) is 5.73. The van der Waals surface area contributed by atoms with Gasteiger partial charge in [-0.1, -0.05) is 12.1 Å². The van der Waals surface area contributed by atoms with Gasteiger partial charge in [-0.15, -0.1) is 0 Å². The fraction of sp³-hybridized carbons (Fsp3) is 0.263. The highest BCUT2D eigenvalue weighted by molar-refractivity contribution is 6.03. The summed E-state index contributed by atoms with van der Waals surface area (Å²) in [6, 6.07) is 13.8. The third-order valence-corrected chi connectivity index (χ3v) is 3.82. The molecular weight excluding hydrogens is 320 g/mol. The van der Waals surface area contributed by atoms with E-state index in [1.165, 1.54) is 0 Å². The molecule has 2 aromatic rings. The molecule has 1 N–H and O–H groups in total. The van der Waals surface area contributed by atoms with E-state index in [-0.39, 0.29) is 18.1 Å². The minimum absolute atomic E-state index is 0.0909. The van der Waals surface area contributed by atoms with Crippen molar-refractivity contribution in [1.82, 2.24) is 0 Å². The number of urea groups is 1. The monoisotopic (exact) mass is 340 g/mol. The predicted octanol–water partition coefficient (Wildman–Crippen LogP) is 3.68. The zero-order valence-corrected chi connectivity index (χ0v) is 14.2. The third kappa shape index (κ3) is 3.74. The van der Waals surface area contributed by atoms with Crippen molar-refractivity contribution in [2.24, 2.45) is 0 Å². The van der Waals surface area contributed by atoms with E-state index in [9.17, 15) is 9.59 Å². The molecule has 0 spiro atoms. The van der Waals surface area contributed by atoms with Crippen LogP contribution in [0.4, 0.5) is 16.2 Å². The van der Waals surface area contributed by atoms with Crippen molar-refractivity contribution in [2.45, 2.75) is 20.0 Å². The summed E-state index contributed by atoms with van der Waals surface area (Å²) in [5, 5.41) is 2.85. The van der Waals surface area contributed by atoms with Crippen molar-refractivity contribution < 1.29 is 19.1 Å². The summed E-state index contributed by atoms with van der Waals surface area (Å²) in [5.41, 5.74) is 1.79. The standard InChI is InChI=1S/C19H20N2O4/c1-3-24-18(22)14-8-10-15(11-9-14)20-19(23)21-12-13(2)25-17-7-5-4-6-16(17)21/h4-11,13H,3,12H2,1-2H3,(H,20,23). The van der Waals surface area contributed by atoms with Crippen LogP contribution < -0.4 is 15.0 Å². The van der Waals surface area contributed by atoms with Crippen LogP contribution in [0, 0.1) is 0 Å². The molecule has 2 aromatic carbocycles. The number of carbonyl (C=O) groups excluding carboxylic acids is 2. The number of para-hydroxylation sites is 2. The molecule has 1 aliphatic rings. The molecule has 0 saturated carbocycles. The second kappa shape index (κ2) is 7.25. The summed E-state index contributed by atoms with van der Waals surface area (Å²) in [6.07, 6.45) is -0.0909. The van der Waals surface area contributed by atoms with Gasteiger partial charge in [-0.25, -0.2) is 9.59 Å². The van der Waals surface area contributed by atoms with Crippen LogP contribution in [-0.4, -0.2) is 31.3 Å². The minimum atomic E-state index is -0.378. The molecule has 3 rings (SSSR count). The van der Waals surface area contributed by atoms with Crippen LogP contribution in [0.25, 0.3) is 0 Å². The van der Waals surface area contributed by atoms with Gasteiger partial charge >= 0.3 is 12.0 Å². The highest BCUT2D eigenvalue weighted by Gasteiger charge is 2.27. The lowest BCUT2D eigenvalue weighted by atomic mass is 10.2. The molecule has 0 radical (unpaired) electrons. The zero-order chi connectivity index (χ0) is 17.8. The van der Waals surface area contributed by atoms with Crippen LogP contribution in [-0.2, 0) is 4.74 Å². The Morgan fingerprint density at radius 1 is 1.20 bits per heavy atom. The molecule has 1 unspecified atom stereocenters. The van der Waals surface area contributed by atoms with E-state index in [1.807, 2.05) is 31.2 Å². The minimum Gasteiger partial charge on any atom is -0.487 e. The van der Waals surface area contributed by atoms with Crippen LogP contribution in [0.5, 0.6) is 5.75 Å². The average molecular weight is 340 g/mol. The Kier molecular flexibility index (Phi) is 4.88. The number of rotatable bonds is 3. The normalized spacial score (nSPS) is 15.8. The van der Waals surface area contributed by atoms with E-state index in [0.29, 0.717) is 30.2 Å². The van der Waals surface area contributed by atoms with E-state index in [0.717, 1.165) is 5.69 Å². The summed E-state index contributed by atoms with van der Waals surface area (Å²) in [6.45, 7) is 4.47. The zero-order valence-electron chi connectivity index (χ0n) is 14.2. The van der Waals surface area contributed by atoms with Crippen LogP contribution in [0.3, 0.4) is 0 Å². The lowest BCUT2D eigenvalue weighted by Crippen LogP contribution is -2.44. The van der Waals surface area contributed by atoms with Crippen LogP contribution in [0.2, 0.25) is 0 Å². The van der Waals surface area contributed by atoms with Gasteiger partial charge in [0.15, 0.2) is 0 Å². The first-order valence-corrected chi connectivity index (χ1v) is 8.20. The van der Waals surface area contributed by atoms with Gasteiger partial charge in [0.05, 0.1) is 24.4 Å². The molecule has 1 heterocycles. The maximum atomic E-state index is 12.7. The number of ether oxygens (including phenoxy) is 2. The summed E-state index contributed by atoms with van der Waals surface area (Å²) >= 11 is 0. The molecule has 0 saturated heterocycles. The van der Waals surface area contributed by atoms with Gasteiger partial charge in [-0.2, -0.15) is 0 Å². The number of fused-ring (bicyclic) bond motifs is 1. The molecule has 0 aliphatic carbocycles. The van der Waals surface area contributed by atoms with Crippen LogP contribution in [0.1, 0.15) is 24.2 Å². The molecule has 1 aliphatic heterocycles. The Balaban J connectivity index is 1.73. The number of hydrogen-bond donors (Lipinski definition) is 1. The fourth-order valence-electron chi connectivity index (χ4n) is 2.68. The molecular formula is C19H20N2O4. The average Bonchev–Trinajstić information content (AvgIpc) is 2.61. The number of anilines is 2. The first kappa shape index (κ1) is 16.8.